The molecule has 0 aliphatic carbocycles. The summed E-state index contributed by atoms with van der Waals surface area (Å²) in [5, 5.41) is 11.9. The maximum Gasteiger partial charge on any atom is 0.319 e. The molecule has 0 saturated carbocycles. The van der Waals surface area contributed by atoms with Gasteiger partial charge in [0.2, 0.25) is 0 Å². The maximum atomic E-state index is 12.1. The number of thiophene rings is 1. The number of hydrogen-bond acceptors (Lipinski definition) is 4. The quantitative estimate of drug-likeness (QED) is 0.601. The monoisotopic (exact) mass is 396 g/mol. The molecule has 0 radical (unpaired) electrons. The van der Waals surface area contributed by atoms with E-state index in [2.05, 4.69) is 22.7 Å². The van der Waals surface area contributed by atoms with Crippen molar-refractivity contribution >= 4 is 23.1 Å². The minimum absolute atomic E-state index is 0.190. The molecule has 2 aromatic heterocycles. The molecule has 0 bridgehead atoms. The number of unbranched alkanes of at least 4 members (excludes halogenated alkanes) is 1. The average Bonchev–Trinajstić information content (AvgIpc) is 3.24. The molecule has 2 N–H and O–H groups in total. The summed E-state index contributed by atoms with van der Waals surface area (Å²) >= 11 is 1.57. The normalized spacial score (nSPS) is 10.6. The Kier molecular flexibility index (Phi) is 6.97. The molecule has 3 rings (SSSR count). The van der Waals surface area contributed by atoms with Crippen LogP contribution in [0.1, 0.15) is 25.3 Å². The largest absolute Gasteiger partial charge is 0.336 e. The molecule has 1 aromatic carbocycles. The van der Waals surface area contributed by atoms with E-state index < -0.39 is 0 Å². The van der Waals surface area contributed by atoms with Crippen LogP contribution >= 0.6 is 11.3 Å². The van der Waals surface area contributed by atoms with Gasteiger partial charge in [0.05, 0.1) is 11.4 Å². The van der Waals surface area contributed by atoms with Gasteiger partial charge in [0.1, 0.15) is 5.69 Å². The molecule has 28 heavy (non-hydrogen) atoms. The molecule has 0 aliphatic heterocycles. The Morgan fingerprint density at radius 1 is 1.14 bits per heavy atom. The van der Waals surface area contributed by atoms with Crippen LogP contribution in [-0.2, 0) is 13.0 Å². The summed E-state index contributed by atoms with van der Waals surface area (Å²) in [4.78, 5) is 25.1. The lowest BCUT2D eigenvalue weighted by Crippen LogP contribution is -2.34. The van der Waals surface area contributed by atoms with Gasteiger partial charge in [-0.1, -0.05) is 31.5 Å². The van der Waals surface area contributed by atoms with E-state index in [0.717, 1.165) is 35.5 Å². The molecule has 0 spiro atoms. The van der Waals surface area contributed by atoms with E-state index in [1.807, 2.05) is 41.8 Å². The third-order valence-electron chi connectivity index (χ3n) is 4.28. The van der Waals surface area contributed by atoms with E-state index in [0.29, 0.717) is 13.1 Å². The average molecular weight is 397 g/mol. The lowest BCUT2D eigenvalue weighted by molar-refractivity contribution is 0.251. The Labute approximate surface area is 168 Å². The second-order valence-electron chi connectivity index (χ2n) is 6.44. The van der Waals surface area contributed by atoms with Crippen molar-refractivity contribution in [2.24, 2.45) is 0 Å². The molecule has 6 nitrogen and oxygen atoms in total. The smallest absolute Gasteiger partial charge is 0.319 e. The first kappa shape index (κ1) is 19.8. The number of carbonyl (C=O) groups excluding carboxylic acids is 1. The summed E-state index contributed by atoms with van der Waals surface area (Å²) in [5.41, 5.74) is 2.57. The zero-order valence-electron chi connectivity index (χ0n) is 15.9. The standard InChI is InChI=1S/C21H24N4O2S/c1-2-3-5-16-7-9-17(10-8-16)23-21(27)22-13-14-25-20(26)12-11-18(24-25)19-6-4-15-28-19/h4,6-12,15H,2-3,5,13-14H2,1H3,(H2,22,23,27). The molecule has 2 amide bonds. The van der Waals surface area contributed by atoms with Crippen molar-refractivity contribution in [2.45, 2.75) is 32.7 Å². The van der Waals surface area contributed by atoms with Crippen molar-refractivity contribution < 1.29 is 4.79 Å². The van der Waals surface area contributed by atoms with Crippen molar-refractivity contribution in [1.29, 1.82) is 0 Å². The maximum absolute atomic E-state index is 12.1. The number of hydrogen-bond donors (Lipinski definition) is 2. The Morgan fingerprint density at radius 3 is 2.68 bits per heavy atom. The fourth-order valence-corrected chi connectivity index (χ4v) is 3.44. The number of amides is 2. The van der Waals surface area contributed by atoms with Crippen LogP contribution in [0.4, 0.5) is 10.5 Å². The topological polar surface area (TPSA) is 76.0 Å². The van der Waals surface area contributed by atoms with Crippen LogP contribution in [-0.4, -0.2) is 22.4 Å². The van der Waals surface area contributed by atoms with Crippen molar-refractivity contribution in [2.75, 3.05) is 11.9 Å². The fraction of sp³-hybridized carbons (Fsp3) is 0.286. The summed E-state index contributed by atoms with van der Waals surface area (Å²) in [7, 11) is 0. The molecular weight excluding hydrogens is 372 g/mol. The summed E-state index contributed by atoms with van der Waals surface area (Å²) in [6.45, 7) is 2.78. The molecule has 7 heteroatoms. The van der Waals surface area contributed by atoms with E-state index in [1.54, 1.807) is 17.4 Å². The molecule has 0 saturated heterocycles. The van der Waals surface area contributed by atoms with E-state index in [1.165, 1.54) is 16.3 Å². The second kappa shape index (κ2) is 9.85. The molecule has 3 aromatic rings. The van der Waals surface area contributed by atoms with Crippen LogP contribution in [0, 0.1) is 0 Å². The predicted molar refractivity (Wildman–Crippen MR) is 114 cm³/mol. The number of aromatic nitrogens is 2. The van der Waals surface area contributed by atoms with Crippen molar-refractivity contribution in [3.63, 3.8) is 0 Å². The van der Waals surface area contributed by atoms with Gasteiger partial charge in [-0.25, -0.2) is 9.48 Å². The number of anilines is 1. The molecule has 0 aliphatic rings. The van der Waals surface area contributed by atoms with Crippen LogP contribution in [0.25, 0.3) is 10.6 Å². The van der Waals surface area contributed by atoms with Gasteiger partial charge in [0, 0.05) is 18.3 Å². The Morgan fingerprint density at radius 2 is 1.96 bits per heavy atom. The summed E-state index contributed by atoms with van der Waals surface area (Å²) in [5.74, 6) is 0. The molecule has 0 fully saturated rings. The predicted octanol–water partition coefficient (Wildman–Crippen LogP) is 4.14. The zero-order valence-corrected chi connectivity index (χ0v) is 16.7. The highest BCUT2D eigenvalue weighted by atomic mass is 32.1. The lowest BCUT2D eigenvalue weighted by Gasteiger charge is -2.10. The lowest BCUT2D eigenvalue weighted by atomic mass is 10.1. The fourth-order valence-electron chi connectivity index (χ4n) is 2.75. The van der Waals surface area contributed by atoms with Crippen LogP contribution in [0.15, 0.2) is 58.7 Å². The number of carbonyl (C=O) groups is 1. The molecule has 0 unspecified atom stereocenters. The van der Waals surface area contributed by atoms with Gasteiger partial charge in [-0.2, -0.15) is 5.10 Å². The third kappa shape index (κ3) is 5.53. The summed E-state index contributed by atoms with van der Waals surface area (Å²) in [6.07, 6.45) is 3.38. The van der Waals surface area contributed by atoms with Gasteiger partial charge < -0.3 is 10.6 Å². The highest BCUT2D eigenvalue weighted by Crippen LogP contribution is 2.21. The van der Waals surface area contributed by atoms with Crippen LogP contribution in [0.3, 0.4) is 0 Å². The number of benzene rings is 1. The van der Waals surface area contributed by atoms with Crippen LogP contribution < -0.4 is 16.2 Å². The molecular formula is C21H24N4O2S. The van der Waals surface area contributed by atoms with Gasteiger partial charge in [-0.15, -0.1) is 11.3 Å². The number of urea groups is 1. The summed E-state index contributed by atoms with van der Waals surface area (Å²) < 4.78 is 1.37. The zero-order chi connectivity index (χ0) is 19.8. The van der Waals surface area contributed by atoms with Crippen molar-refractivity contribution in [3.8, 4) is 10.6 Å². The van der Waals surface area contributed by atoms with Gasteiger partial charge >= 0.3 is 6.03 Å². The third-order valence-corrected chi connectivity index (χ3v) is 5.17. The number of nitrogens with zero attached hydrogens (tertiary/aromatic N) is 2. The Balaban J connectivity index is 1.50. The van der Waals surface area contributed by atoms with Crippen molar-refractivity contribution in [3.05, 3.63) is 69.8 Å². The first-order chi connectivity index (χ1) is 13.7. The molecule has 146 valence electrons. The van der Waals surface area contributed by atoms with E-state index in [4.69, 9.17) is 0 Å². The highest BCUT2D eigenvalue weighted by molar-refractivity contribution is 7.13. The molecule has 0 atom stereocenters. The van der Waals surface area contributed by atoms with E-state index in [9.17, 15) is 9.59 Å². The van der Waals surface area contributed by atoms with Gasteiger partial charge in [0.15, 0.2) is 0 Å². The van der Waals surface area contributed by atoms with Gasteiger partial charge in [-0.05, 0) is 48.1 Å². The Hall–Kier alpha value is -2.93. The number of nitrogens with one attached hydrogen (secondary N) is 2. The van der Waals surface area contributed by atoms with E-state index >= 15 is 0 Å². The molecule has 2 heterocycles. The number of rotatable bonds is 8. The van der Waals surface area contributed by atoms with Gasteiger partial charge in [-0.3, -0.25) is 4.79 Å². The highest BCUT2D eigenvalue weighted by Gasteiger charge is 2.06. The number of aryl methyl sites for hydroxylation is 1. The first-order valence-corrected chi connectivity index (χ1v) is 10.3. The van der Waals surface area contributed by atoms with Crippen LogP contribution in [0.5, 0.6) is 0 Å². The minimum Gasteiger partial charge on any atom is -0.336 e. The summed E-state index contributed by atoms with van der Waals surface area (Å²) in [6, 6.07) is 14.7. The van der Waals surface area contributed by atoms with Crippen molar-refractivity contribution in [1.82, 2.24) is 15.1 Å². The second-order valence-corrected chi connectivity index (χ2v) is 7.39. The SMILES string of the molecule is CCCCc1ccc(NC(=O)NCCn2nc(-c3cccs3)ccc2=O)cc1. The Bertz CT molecular complexity index is 949. The first-order valence-electron chi connectivity index (χ1n) is 9.41. The minimum atomic E-state index is -0.302. The van der Waals surface area contributed by atoms with Crippen LogP contribution in [0.2, 0.25) is 0 Å². The van der Waals surface area contributed by atoms with E-state index in [-0.39, 0.29) is 11.6 Å². The van der Waals surface area contributed by atoms with Gasteiger partial charge in [0.25, 0.3) is 5.56 Å².